The van der Waals surface area contributed by atoms with Gasteiger partial charge in [-0.1, -0.05) is 6.07 Å². The van der Waals surface area contributed by atoms with Gasteiger partial charge in [0.25, 0.3) is 5.91 Å². The van der Waals surface area contributed by atoms with Crippen LogP contribution in [-0.4, -0.2) is 10.9 Å². The van der Waals surface area contributed by atoms with Crippen molar-refractivity contribution in [2.45, 2.75) is 0 Å². The Morgan fingerprint density at radius 1 is 1.32 bits per heavy atom. The largest absolute Gasteiger partial charge is 0.321 e. The second kappa shape index (κ2) is 4.78. The molecule has 2 aromatic heterocycles. The van der Waals surface area contributed by atoms with Crippen LogP contribution in [0.25, 0.3) is 10.8 Å². The van der Waals surface area contributed by atoms with Gasteiger partial charge < -0.3 is 5.32 Å². The van der Waals surface area contributed by atoms with E-state index in [2.05, 4.69) is 10.3 Å². The number of aromatic nitrogens is 1. The number of fused-ring (bicyclic) bond motifs is 1. The molecule has 0 bridgehead atoms. The first-order valence-electron chi connectivity index (χ1n) is 5.62. The molecule has 0 unspecified atom stereocenters. The van der Waals surface area contributed by atoms with E-state index >= 15 is 0 Å². The number of benzene rings is 1. The molecule has 3 aromatic rings. The Hall–Kier alpha value is -2.27. The molecule has 0 aliphatic heterocycles. The summed E-state index contributed by atoms with van der Waals surface area (Å²) >= 11 is 1.34. The number of nitrogens with zero attached hydrogens (tertiary/aromatic N) is 1. The molecule has 0 aliphatic carbocycles. The lowest BCUT2D eigenvalue weighted by Crippen LogP contribution is -2.10. The zero-order valence-corrected chi connectivity index (χ0v) is 10.6. The number of rotatable bonds is 2. The van der Waals surface area contributed by atoms with E-state index in [1.54, 1.807) is 30.6 Å². The van der Waals surface area contributed by atoms with E-state index in [4.69, 9.17) is 0 Å². The first-order chi connectivity index (χ1) is 9.24. The van der Waals surface area contributed by atoms with E-state index in [1.807, 2.05) is 5.38 Å². The highest BCUT2D eigenvalue weighted by Crippen LogP contribution is 2.25. The van der Waals surface area contributed by atoms with Gasteiger partial charge in [0.2, 0.25) is 0 Å². The minimum Gasteiger partial charge on any atom is -0.321 e. The van der Waals surface area contributed by atoms with Crippen molar-refractivity contribution in [3.05, 3.63) is 58.8 Å². The molecular weight excluding hydrogens is 263 g/mol. The molecule has 2 heterocycles. The molecule has 5 heteroatoms. The van der Waals surface area contributed by atoms with Gasteiger partial charge in [0.15, 0.2) is 0 Å². The van der Waals surface area contributed by atoms with Gasteiger partial charge >= 0.3 is 0 Å². The third-order valence-electron chi connectivity index (χ3n) is 2.71. The Kier molecular flexibility index (Phi) is 2.97. The monoisotopic (exact) mass is 272 g/mol. The number of hydrogen-bond acceptors (Lipinski definition) is 3. The molecule has 0 atom stereocenters. The number of hydrogen-bond donors (Lipinski definition) is 1. The molecule has 3 nitrogen and oxygen atoms in total. The Labute approximate surface area is 112 Å². The number of anilines is 1. The van der Waals surface area contributed by atoms with Crippen LogP contribution < -0.4 is 5.32 Å². The van der Waals surface area contributed by atoms with Crippen molar-refractivity contribution in [2.75, 3.05) is 5.32 Å². The van der Waals surface area contributed by atoms with E-state index in [-0.39, 0.29) is 5.91 Å². The summed E-state index contributed by atoms with van der Waals surface area (Å²) in [5.74, 6) is -0.638. The maximum absolute atomic E-state index is 13.5. The first kappa shape index (κ1) is 11.8. The molecule has 3 rings (SSSR count). The highest BCUT2D eigenvalue weighted by Gasteiger charge is 2.10. The van der Waals surface area contributed by atoms with Crippen molar-refractivity contribution in [2.24, 2.45) is 0 Å². The van der Waals surface area contributed by atoms with Crippen LogP contribution >= 0.6 is 11.3 Å². The molecule has 1 amide bonds. The van der Waals surface area contributed by atoms with Gasteiger partial charge in [-0.3, -0.25) is 9.78 Å². The average Bonchev–Trinajstić information content (AvgIpc) is 2.92. The Balaban J connectivity index is 2.03. The quantitative estimate of drug-likeness (QED) is 0.773. The van der Waals surface area contributed by atoms with Crippen molar-refractivity contribution in [3.8, 4) is 0 Å². The lowest BCUT2D eigenvalue weighted by atomic mass is 10.1. The van der Waals surface area contributed by atoms with Crippen molar-refractivity contribution in [1.82, 2.24) is 4.98 Å². The topological polar surface area (TPSA) is 42.0 Å². The highest BCUT2D eigenvalue weighted by molar-refractivity contribution is 7.12. The first-order valence-corrected chi connectivity index (χ1v) is 6.50. The van der Waals surface area contributed by atoms with Gasteiger partial charge in [-0.2, -0.15) is 0 Å². The van der Waals surface area contributed by atoms with Crippen LogP contribution in [0.15, 0.2) is 48.1 Å². The summed E-state index contributed by atoms with van der Waals surface area (Å²) in [6.07, 6.45) is 3.18. The van der Waals surface area contributed by atoms with E-state index in [0.29, 0.717) is 16.0 Å². The SMILES string of the molecule is O=C(Nc1cc(F)cc2cnccc12)c1cccs1. The van der Waals surface area contributed by atoms with Crippen LogP contribution in [0.1, 0.15) is 9.67 Å². The summed E-state index contributed by atoms with van der Waals surface area (Å²) in [7, 11) is 0. The van der Waals surface area contributed by atoms with Gasteiger partial charge in [-0.25, -0.2) is 4.39 Å². The summed E-state index contributed by atoms with van der Waals surface area (Å²) in [4.78, 5) is 16.5. The summed E-state index contributed by atoms with van der Waals surface area (Å²) in [5.41, 5.74) is 0.454. The Bertz CT molecular complexity index is 740. The number of carbonyl (C=O) groups excluding carboxylic acids is 1. The second-order valence-corrected chi connectivity index (χ2v) is 4.93. The molecule has 1 N–H and O–H groups in total. The molecule has 0 saturated heterocycles. The third kappa shape index (κ3) is 2.32. The molecule has 0 aliphatic rings. The molecular formula is C14H9FN2OS. The second-order valence-electron chi connectivity index (χ2n) is 3.98. The van der Waals surface area contributed by atoms with Gasteiger partial charge in [0.05, 0.1) is 10.6 Å². The fourth-order valence-corrected chi connectivity index (χ4v) is 2.49. The normalized spacial score (nSPS) is 10.6. The van der Waals surface area contributed by atoms with E-state index in [9.17, 15) is 9.18 Å². The maximum Gasteiger partial charge on any atom is 0.265 e. The molecule has 0 fully saturated rings. The van der Waals surface area contributed by atoms with Crippen LogP contribution in [-0.2, 0) is 0 Å². The molecule has 1 aromatic carbocycles. The van der Waals surface area contributed by atoms with Crippen LogP contribution in [0, 0.1) is 5.82 Å². The molecule has 0 spiro atoms. The molecule has 19 heavy (non-hydrogen) atoms. The molecule has 0 saturated carbocycles. The zero-order chi connectivity index (χ0) is 13.2. The predicted molar refractivity (Wildman–Crippen MR) is 74.0 cm³/mol. The zero-order valence-electron chi connectivity index (χ0n) is 9.76. The van der Waals surface area contributed by atoms with Crippen LogP contribution in [0.3, 0.4) is 0 Å². The van der Waals surface area contributed by atoms with Gasteiger partial charge in [0, 0.05) is 23.2 Å². The summed E-state index contributed by atoms with van der Waals surface area (Å²) in [5, 5.41) is 5.98. The van der Waals surface area contributed by atoms with E-state index in [1.165, 1.54) is 23.5 Å². The number of nitrogens with one attached hydrogen (secondary N) is 1. The van der Waals surface area contributed by atoms with Crippen molar-refractivity contribution < 1.29 is 9.18 Å². The fraction of sp³-hybridized carbons (Fsp3) is 0. The van der Waals surface area contributed by atoms with Gasteiger partial charge in [-0.15, -0.1) is 11.3 Å². The Morgan fingerprint density at radius 2 is 2.21 bits per heavy atom. The minimum atomic E-state index is -0.401. The van der Waals surface area contributed by atoms with Gasteiger partial charge in [0.1, 0.15) is 5.82 Å². The van der Waals surface area contributed by atoms with Crippen molar-refractivity contribution >= 4 is 33.7 Å². The highest BCUT2D eigenvalue weighted by atomic mass is 32.1. The average molecular weight is 272 g/mol. The maximum atomic E-state index is 13.5. The number of thiophene rings is 1. The smallest absolute Gasteiger partial charge is 0.265 e. The summed E-state index contributed by atoms with van der Waals surface area (Å²) in [6.45, 7) is 0. The van der Waals surface area contributed by atoms with Crippen LogP contribution in [0.5, 0.6) is 0 Å². The summed E-state index contributed by atoms with van der Waals surface area (Å²) < 4.78 is 13.5. The lowest BCUT2D eigenvalue weighted by molar-refractivity contribution is 0.103. The Morgan fingerprint density at radius 3 is 3.00 bits per heavy atom. The minimum absolute atomic E-state index is 0.237. The number of halogens is 1. The third-order valence-corrected chi connectivity index (χ3v) is 3.58. The van der Waals surface area contributed by atoms with Crippen LogP contribution in [0.2, 0.25) is 0 Å². The number of pyridine rings is 1. The van der Waals surface area contributed by atoms with Crippen LogP contribution in [0.4, 0.5) is 10.1 Å². The van der Waals surface area contributed by atoms with E-state index < -0.39 is 5.82 Å². The molecule has 0 radical (unpaired) electrons. The van der Waals surface area contributed by atoms with Gasteiger partial charge in [-0.05, 0) is 29.6 Å². The van der Waals surface area contributed by atoms with Crippen molar-refractivity contribution in [3.63, 3.8) is 0 Å². The number of amides is 1. The molecule has 94 valence electrons. The standard InChI is InChI=1S/C14H9FN2OS/c15-10-6-9-8-16-4-3-11(9)12(7-10)17-14(18)13-2-1-5-19-13/h1-8H,(H,17,18). The predicted octanol–water partition coefficient (Wildman–Crippen LogP) is 3.69. The van der Waals surface area contributed by atoms with Crippen molar-refractivity contribution in [1.29, 1.82) is 0 Å². The fourth-order valence-electron chi connectivity index (χ4n) is 1.87. The number of carbonyl (C=O) groups is 1. The lowest BCUT2D eigenvalue weighted by Gasteiger charge is -2.08. The van der Waals surface area contributed by atoms with E-state index in [0.717, 1.165) is 5.39 Å². The summed E-state index contributed by atoms with van der Waals surface area (Å²) in [6, 6.07) is 7.98.